The maximum Gasteiger partial charge on any atom is 0.0548 e. The van der Waals surface area contributed by atoms with Gasteiger partial charge in [0.2, 0.25) is 0 Å². The minimum atomic E-state index is 0.232. The Bertz CT molecular complexity index is 407. The second kappa shape index (κ2) is 7.63. The minimum absolute atomic E-state index is 0.232. The van der Waals surface area contributed by atoms with Crippen molar-refractivity contribution in [1.29, 1.82) is 0 Å². The fourth-order valence-electron chi connectivity index (χ4n) is 2.30. The molecule has 19 heavy (non-hydrogen) atoms. The Kier molecular flexibility index (Phi) is 6.81. The Morgan fingerprint density at radius 2 is 1.89 bits per heavy atom. The maximum absolute atomic E-state index is 6.06. The van der Waals surface area contributed by atoms with Crippen LogP contribution in [0, 0.1) is 5.92 Å². The van der Waals surface area contributed by atoms with E-state index in [0.717, 1.165) is 16.0 Å². The van der Waals surface area contributed by atoms with Crippen molar-refractivity contribution in [2.45, 2.75) is 39.8 Å². The van der Waals surface area contributed by atoms with Crippen LogP contribution in [0.2, 0.25) is 5.02 Å². The molecule has 4 heteroatoms. The molecule has 0 fully saturated rings. The third-order valence-electron chi connectivity index (χ3n) is 3.19. The number of hydrogen-bond donors (Lipinski definition) is 1. The van der Waals surface area contributed by atoms with E-state index in [2.05, 4.69) is 60.7 Å². The second-order valence-electron chi connectivity index (χ2n) is 5.61. The van der Waals surface area contributed by atoms with Gasteiger partial charge in [0.1, 0.15) is 0 Å². The van der Waals surface area contributed by atoms with Crippen molar-refractivity contribution in [3.63, 3.8) is 0 Å². The van der Waals surface area contributed by atoms with E-state index in [1.165, 1.54) is 5.56 Å². The lowest BCUT2D eigenvalue weighted by molar-refractivity contribution is 0.138. The van der Waals surface area contributed by atoms with E-state index in [9.17, 15) is 0 Å². The topological polar surface area (TPSA) is 29.3 Å². The molecule has 108 valence electrons. The Hall–Kier alpha value is -0.0900. The summed E-state index contributed by atoms with van der Waals surface area (Å²) in [4.78, 5) is 2.46. The van der Waals surface area contributed by atoms with Gasteiger partial charge in [-0.2, -0.15) is 0 Å². The second-order valence-corrected chi connectivity index (χ2v) is 6.87. The van der Waals surface area contributed by atoms with Crippen molar-refractivity contribution >= 4 is 27.5 Å². The van der Waals surface area contributed by atoms with Crippen molar-refractivity contribution in [2.75, 3.05) is 13.1 Å². The zero-order valence-electron chi connectivity index (χ0n) is 12.2. The van der Waals surface area contributed by atoms with Crippen LogP contribution >= 0.6 is 27.5 Å². The third-order valence-corrected chi connectivity index (χ3v) is 4.41. The largest absolute Gasteiger partial charge is 0.329 e. The first-order valence-corrected chi connectivity index (χ1v) is 7.94. The van der Waals surface area contributed by atoms with Crippen LogP contribution in [-0.4, -0.2) is 24.0 Å². The van der Waals surface area contributed by atoms with Gasteiger partial charge in [-0.25, -0.2) is 0 Å². The van der Waals surface area contributed by atoms with Crippen LogP contribution in [0.15, 0.2) is 22.7 Å². The molecule has 0 aliphatic heterocycles. The van der Waals surface area contributed by atoms with Gasteiger partial charge in [0, 0.05) is 29.6 Å². The molecule has 0 heterocycles. The number of benzene rings is 1. The molecule has 0 bridgehead atoms. The van der Waals surface area contributed by atoms with Crippen molar-refractivity contribution in [3.05, 3.63) is 33.3 Å². The van der Waals surface area contributed by atoms with Gasteiger partial charge in [-0.05, 0) is 53.4 Å². The van der Waals surface area contributed by atoms with Gasteiger partial charge in [-0.3, -0.25) is 4.90 Å². The number of halogens is 2. The van der Waals surface area contributed by atoms with E-state index in [-0.39, 0.29) is 6.04 Å². The standard InChI is InChI=1S/C15H24BrClN2/c1-10(2)9-19(11(3)4)15(8-18)12-5-6-14(17)13(16)7-12/h5-7,10-11,15H,8-9,18H2,1-4H3. The van der Waals surface area contributed by atoms with E-state index >= 15 is 0 Å². The van der Waals surface area contributed by atoms with Crippen LogP contribution in [0.1, 0.15) is 39.3 Å². The summed E-state index contributed by atoms with van der Waals surface area (Å²) >= 11 is 9.55. The first-order chi connectivity index (χ1) is 8.86. The molecule has 1 rings (SSSR count). The summed E-state index contributed by atoms with van der Waals surface area (Å²) < 4.78 is 0.929. The molecule has 0 saturated carbocycles. The van der Waals surface area contributed by atoms with Crippen LogP contribution in [0.3, 0.4) is 0 Å². The molecule has 1 aromatic carbocycles. The first-order valence-electron chi connectivity index (χ1n) is 6.77. The summed E-state index contributed by atoms with van der Waals surface area (Å²) in [5, 5.41) is 0.736. The van der Waals surface area contributed by atoms with Crippen molar-refractivity contribution in [3.8, 4) is 0 Å². The van der Waals surface area contributed by atoms with Crippen molar-refractivity contribution in [2.24, 2.45) is 11.7 Å². The lowest BCUT2D eigenvalue weighted by Gasteiger charge is -2.36. The normalized spacial score (nSPS) is 13.6. The highest BCUT2D eigenvalue weighted by molar-refractivity contribution is 9.10. The minimum Gasteiger partial charge on any atom is -0.329 e. The Labute approximate surface area is 130 Å². The molecule has 0 aliphatic carbocycles. The predicted octanol–water partition coefficient (Wildman–Crippen LogP) is 4.47. The number of rotatable bonds is 6. The summed E-state index contributed by atoms with van der Waals surface area (Å²) in [6.45, 7) is 10.6. The highest BCUT2D eigenvalue weighted by Gasteiger charge is 2.22. The van der Waals surface area contributed by atoms with Gasteiger partial charge in [0.15, 0.2) is 0 Å². The fraction of sp³-hybridized carbons (Fsp3) is 0.600. The fourth-order valence-corrected chi connectivity index (χ4v) is 2.82. The van der Waals surface area contributed by atoms with Crippen LogP contribution in [-0.2, 0) is 0 Å². The number of nitrogens with zero attached hydrogens (tertiary/aromatic N) is 1. The van der Waals surface area contributed by atoms with Crippen LogP contribution in [0.25, 0.3) is 0 Å². The molecule has 1 unspecified atom stereocenters. The number of nitrogens with two attached hydrogens (primary N) is 1. The van der Waals surface area contributed by atoms with Crippen LogP contribution < -0.4 is 5.73 Å². The molecule has 0 aromatic heterocycles. The summed E-state index contributed by atoms with van der Waals surface area (Å²) in [7, 11) is 0. The molecule has 1 aromatic rings. The molecular formula is C15H24BrClN2. The molecule has 0 saturated heterocycles. The highest BCUT2D eigenvalue weighted by atomic mass is 79.9. The first kappa shape index (κ1) is 17.0. The van der Waals surface area contributed by atoms with E-state index in [4.69, 9.17) is 17.3 Å². The lowest BCUT2D eigenvalue weighted by atomic mass is 10.0. The SMILES string of the molecule is CC(C)CN(C(C)C)C(CN)c1ccc(Cl)c(Br)c1. The van der Waals surface area contributed by atoms with Crippen molar-refractivity contribution < 1.29 is 0 Å². The summed E-state index contributed by atoms with van der Waals surface area (Å²) in [5.41, 5.74) is 7.23. The van der Waals surface area contributed by atoms with Crippen LogP contribution in [0.4, 0.5) is 0 Å². The molecule has 0 aliphatic rings. The smallest absolute Gasteiger partial charge is 0.0548 e. The average molecular weight is 348 g/mol. The van der Waals surface area contributed by atoms with E-state index < -0.39 is 0 Å². The van der Waals surface area contributed by atoms with Gasteiger partial charge in [-0.15, -0.1) is 0 Å². The molecule has 1 atom stereocenters. The van der Waals surface area contributed by atoms with Crippen LogP contribution in [0.5, 0.6) is 0 Å². The molecule has 0 amide bonds. The van der Waals surface area contributed by atoms with E-state index in [1.54, 1.807) is 0 Å². The summed E-state index contributed by atoms with van der Waals surface area (Å²) in [5.74, 6) is 0.618. The Morgan fingerprint density at radius 3 is 2.32 bits per heavy atom. The summed E-state index contributed by atoms with van der Waals surface area (Å²) in [6.07, 6.45) is 0. The van der Waals surface area contributed by atoms with Gasteiger partial charge in [0.05, 0.1) is 5.02 Å². The maximum atomic E-state index is 6.06. The highest BCUT2D eigenvalue weighted by Crippen LogP contribution is 2.29. The van der Waals surface area contributed by atoms with E-state index in [0.29, 0.717) is 18.5 Å². The van der Waals surface area contributed by atoms with E-state index in [1.807, 2.05) is 6.07 Å². The van der Waals surface area contributed by atoms with Crippen molar-refractivity contribution in [1.82, 2.24) is 4.90 Å². The number of hydrogen-bond acceptors (Lipinski definition) is 2. The molecule has 2 nitrogen and oxygen atoms in total. The van der Waals surface area contributed by atoms with Gasteiger partial charge in [0.25, 0.3) is 0 Å². The zero-order valence-corrected chi connectivity index (χ0v) is 14.5. The molecule has 0 radical (unpaired) electrons. The Morgan fingerprint density at radius 1 is 1.26 bits per heavy atom. The molecule has 2 N–H and O–H groups in total. The molecule has 0 spiro atoms. The zero-order chi connectivity index (χ0) is 14.6. The quantitative estimate of drug-likeness (QED) is 0.822. The third kappa shape index (κ3) is 4.75. The Balaban J connectivity index is 3.04. The average Bonchev–Trinajstić information content (AvgIpc) is 2.32. The molecular weight excluding hydrogens is 324 g/mol. The summed E-state index contributed by atoms with van der Waals surface area (Å²) in [6, 6.07) is 6.77. The van der Waals surface area contributed by atoms with Gasteiger partial charge in [-0.1, -0.05) is 31.5 Å². The monoisotopic (exact) mass is 346 g/mol. The predicted molar refractivity (Wildman–Crippen MR) is 87.6 cm³/mol. The van der Waals surface area contributed by atoms with Gasteiger partial charge < -0.3 is 5.73 Å². The lowest BCUT2D eigenvalue weighted by Crippen LogP contribution is -2.40. The van der Waals surface area contributed by atoms with Gasteiger partial charge >= 0.3 is 0 Å².